The van der Waals surface area contributed by atoms with Crippen molar-refractivity contribution in [3.05, 3.63) is 35.9 Å². The maximum absolute atomic E-state index is 13.2. The molecule has 0 radical (unpaired) electrons. The molecule has 1 aromatic rings. The van der Waals surface area contributed by atoms with E-state index in [-0.39, 0.29) is 36.8 Å². The van der Waals surface area contributed by atoms with Crippen molar-refractivity contribution in [3.63, 3.8) is 0 Å². The number of carboxylic acid groups (broad SMARTS) is 1. The Bertz CT molecular complexity index is 877. The second-order valence-electron chi connectivity index (χ2n) is 7.58. The van der Waals surface area contributed by atoms with Crippen LogP contribution in [0.5, 0.6) is 0 Å². The number of aliphatic carboxylic acids is 1. The fourth-order valence-corrected chi connectivity index (χ4v) is 4.72. The number of hydrogen-bond donors (Lipinski definition) is 2. The molecule has 2 fully saturated rings. The van der Waals surface area contributed by atoms with Crippen molar-refractivity contribution in [3.8, 4) is 0 Å². The molecule has 2 saturated heterocycles. The van der Waals surface area contributed by atoms with Crippen LogP contribution < -0.4 is 5.32 Å². The van der Waals surface area contributed by atoms with E-state index in [2.05, 4.69) is 5.32 Å². The summed E-state index contributed by atoms with van der Waals surface area (Å²) in [5.74, 6) is -2.63. The van der Waals surface area contributed by atoms with Crippen LogP contribution in [0, 0.1) is 0 Å². The molecule has 0 saturated carbocycles. The summed E-state index contributed by atoms with van der Waals surface area (Å²) in [4.78, 5) is 62.0. The van der Waals surface area contributed by atoms with E-state index < -0.39 is 35.1 Å². The zero-order valence-corrected chi connectivity index (χ0v) is 18.0. The molecule has 0 aliphatic carbocycles. The largest absolute Gasteiger partial charge is 0.480 e. The maximum Gasteiger partial charge on any atom is 0.328 e. The standard InChI is InChI=1S/C21H25N3O6S/c1-13(25)31-17(12-14-6-3-2-4-7-14)19(27)22-15-9-10-18(26)23-11-5-8-16(21(29)30)24(23)20(15)28/h2-4,6-7,15-17H,5,8-12H2,1H3,(H,22,27)(H,29,30)/t15?,16-,17-/m0/s1. The molecule has 10 heteroatoms. The molecule has 2 heterocycles. The van der Waals surface area contributed by atoms with Crippen molar-refractivity contribution in [2.75, 3.05) is 6.54 Å². The van der Waals surface area contributed by atoms with Gasteiger partial charge in [-0.25, -0.2) is 9.80 Å². The van der Waals surface area contributed by atoms with Crippen molar-refractivity contribution >= 4 is 40.6 Å². The Morgan fingerprint density at radius 1 is 1.19 bits per heavy atom. The van der Waals surface area contributed by atoms with Crippen LogP contribution in [0.2, 0.25) is 0 Å². The number of amides is 3. The van der Waals surface area contributed by atoms with Gasteiger partial charge >= 0.3 is 5.97 Å². The number of hydrogen-bond acceptors (Lipinski definition) is 6. The zero-order chi connectivity index (χ0) is 22.5. The van der Waals surface area contributed by atoms with E-state index in [1.165, 1.54) is 11.9 Å². The van der Waals surface area contributed by atoms with Gasteiger partial charge in [-0.1, -0.05) is 42.1 Å². The average molecular weight is 448 g/mol. The van der Waals surface area contributed by atoms with Crippen molar-refractivity contribution < 1.29 is 29.1 Å². The normalized spacial score (nSPS) is 22.4. The summed E-state index contributed by atoms with van der Waals surface area (Å²) in [6.07, 6.45) is 1.11. The number of rotatable bonds is 6. The second kappa shape index (κ2) is 9.95. The van der Waals surface area contributed by atoms with Gasteiger partial charge in [0.25, 0.3) is 5.91 Å². The summed E-state index contributed by atoms with van der Waals surface area (Å²) < 4.78 is 0. The van der Waals surface area contributed by atoms with Gasteiger partial charge in [-0.15, -0.1) is 0 Å². The van der Waals surface area contributed by atoms with Crippen molar-refractivity contribution in [1.29, 1.82) is 0 Å². The highest BCUT2D eigenvalue weighted by Gasteiger charge is 2.45. The van der Waals surface area contributed by atoms with Crippen LogP contribution in [0.4, 0.5) is 0 Å². The first kappa shape index (κ1) is 22.8. The van der Waals surface area contributed by atoms with Gasteiger partial charge in [0.1, 0.15) is 6.04 Å². The van der Waals surface area contributed by atoms with Gasteiger partial charge in [-0.3, -0.25) is 24.2 Å². The lowest BCUT2D eigenvalue weighted by Crippen LogP contribution is -2.62. The predicted octanol–water partition coefficient (Wildman–Crippen LogP) is 0.975. The Labute approximate surface area is 184 Å². The molecule has 0 bridgehead atoms. The lowest BCUT2D eigenvalue weighted by atomic mass is 10.1. The Kier molecular flexibility index (Phi) is 7.32. The molecule has 2 aliphatic rings. The number of hydrazine groups is 1. The molecule has 31 heavy (non-hydrogen) atoms. The quantitative estimate of drug-likeness (QED) is 0.666. The van der Waals surface area contributed by atoms with Gasteiger partial charge < -0.3 is 10.4 Å². The molecular formula is C21H25N3O6S. The molecule has 0 aromatic heterocycles. The number of nitrogens with one attached hydrogen (secondary N) is 1. The summed E-state index contributed by atoms with van der Waals surface area (Å²) in [7, 11) is 0. The summed E-state index contributed by atoms with van der Waals surface area (Å²) >= 11 is 0.879. The van der Waals surface area contributed by atoms with E-state index in [9.17, 15) is 29.1 Å². The summed E-state index contributed by atoms with van der Waals surface area (Å²) in [6, 6.07) is 7.03. The smallest absolute Gasteiger partial charge is 0.328 e. The van der Waals surface area contributed by atoms with Gasteiger partial charge in [0.15, 0.2) is 11.2 Å². The molecule has 1 aromatic carbocycles. The Morgan fingerprint density at radius 3 is 2.55 bits per heavy atom. The van der Waals surface area contributed by atoms with Crippen molar-refractivity contribution in [2.45, 2.75) is 56.4 Å². The van der Waals surface area contributed by atoms with Gasteiger partial charge in [0.05, 0.1) is 5.25 Å². The van der Waals surface area contributed by atoms with Gasteiger partial charge in [0.2, 0.25) is 11.8 Å². The number of thioether (sulfide) groups is 1. The molecular weight excluding hydrogens is 422 g/mol. The van der Waals surface area contributed by atoms with Crippen LogP contribution in [0.15, 0.2) is 30.3 Å². The van der Waals surface area contributed by atoms with E-state index in [0.29, 0.717) is 12.8 Å². The van der Waals surface area contributed by atoms with Crippen LogP contribution >= 0.6 is 11.8 Å². The van der Waals surface area contributed by atoms with Crippen LogP contribution in [0.3, 0.4) is 0 Å². The van der Waals surface area contributed by atoms with Gasteiger partial charge in [0, 0.05) is 19.9 Å². The minimum atomic E-state index is -1.19. The Hall–Kier alpha value is -2.88. The number of nitrogens with zero attached hydrogens (tertiary/aromatic N) is 2. The summed E-state index contributed by atoms with van der Waals surface area (Å²) in [6.45, 7) is 1.64. The lowest BCUT2D eigenvalue weighted by molar-refractivity contribution is -0.180. The first-order valence-corrected chi connectivity index (χ1v) is 11.0. The molecule has 2 N–H and O–H groups in total. The van der Waals surface area contributed by atoms with E-state index in [1.807, 2.05) is 30.3 Å². The Balaban J connectivity index is 1.79. The first-order chi connectivity index (χ1) is 14.8. The average Bonchev–Trinajstić information content (AvgIpc) is 2.85. The van der Waals surface area contributed by atoms with Crippen molar-refractivity contribution in [1.82, 2.24) is 15.3 Å². The molecule has 166 valence electrons. The number of carbonyl (C=O) groups excluding carboxylic acids is 4. The number of benzene rings is 1. The minimum absolute atomic E-state index is 0.0166. The van der Waals surface area contributed by atoms with E-state index in [0.717, 1.165) is 22.3 Å². The van der Waals surface area contributed by atoms with Crippen LogP contribution in [-0.4, -0.2) is 67.8 Å². The van der Waals surface area contributed by atoms with Crippen molar-refractivity contribution in [2.24, 2.45) is 0 Å². The topological polar surface area (TPSA) is 124 Å². The highest BCUT2D eigenvalue weighted by Crippen LogP contribution is 2.25. The fraction of sp³-hybridized carbons (Fsp3) is 0.476. The monoisotopic (exact) mass is 447 g/mol. The maximum atomic E-state index is 13.2. The second-order valence-corrected chi connectivity index (χ2v) is 8.96. The van der Waals surface area contributed by atoms with E-state index in [1.54, 1.807) is 0 Å². The van der Waals surface area contributed by atoms with E-state index >= 15 is 0 Å². The van der Waals surface area contributed by atoms with Crippen LogP contribution in [0.25, 0.3) is 0 Å². The number of carboxylic acids is 1. The molecule has 2 aliphatic heterocycles. The van der Waals surface area contributed by atoms with Gasteiger partial charge in [-0.05, 0) is 31.2 Å². The SMILES string of the molecule is CC(=O)S[C@@H](Cc1ccccc1)C(=O)NC1CCC(=O)N2CCC[C@@H](C(=O)O)N2C1=O. The zero-order valence-electron chi connectivity index (χ0n) is 17.2. The molecule has 3 rings (SSSR count). The molecule has 1 unspecified atom stereocenters. The highest BCUT2D eigenvalue weighted by molar-refractivity contribution is 8.14. The third-order valence-corrected chi connectivity index (χ3v) is 6.32. The molecule has 0 spiro atoms. The summed E-state index contributed by atoms with van der Waals surface area (Å²) in [5.41, 5.74) is 0.868. The number of carbonyl (C=O) groups is 5. The highest BCUT2D eigenvalue weighted by atomic mass is 32.2. The molecule has 3 amide bonds. The molecule has 9 nitrogen and oxygen atoms in total. The number of fused-ring (bicyclic) bond motifs is 1. The third kappa shape index (κ3) is 5.43. The van der Waals surface area contributed by atoms with Gasteiger partial charge in [-0.2, -0.15) is 0 Å². The van der Waals surface area contributed by atoms with E-state index in [4.69, 9.17) is 0 Å². The first-order valence-electron chi connectivity index (χ1n) is 10.2. The lowest BCUT2D eigenvalue weighted by Gasteiger charge is -2.41. The fourth-order valence-electron chi connectivity index (χ4n) is 3.87. The van der Waals surface area contributed by atoms with Crippen LogP contribution in [0.1, 0.15) is 38.2 Å². The molecule has 3 atom stereocenters. The van der Waals surface area contributed by atoms with Crippen LogP contribution in [-0.2, 0) is 30.4 Å². The minimum Gasteiger partial charge on any atom is -0.480 e. The summed E-state index contributed by atoms with van der Waals surface area (Å²) in [5, 5.41) is 13.4. The Morgan fingerprint density at radius 2 is 1.90 bits per heavy atom. The third-order valence-electron chi connectivity index (χ3n) is 5.33. The predicted molar refractivity (Wildman–Crippen MR) is 113 cm³/mol.